The van der Waals surface area contributed by atoms with Crippen molar-refractivity contribution in [3.8, 4) is 0 Å². The second-order valence-corrected chi connectivity index (χ2v) is 5.92. The SMILES string of the molecule is COCC1(C(=O)Nc2cccc(C(C)OC)c2)CCNCC1. The highest BCUT2D eigenvalue weighted by Crippen LogP contribution is 2.31. The number of piperidine rings is 1. The van der Waals surface area contributed by atoms with Gasteiger partial charge < -0.3 is 20.1 Å². The molecule has 1 aliphatic rings. The number of carbonyl (C=O) groups is 1. The van der Waals surface area contributed by atoms with E-state index in [4.69, 9.17) is 9.47 Å². The van der Waals surface area contributed by atoms with Crippen LogP contribution in [-0.2, 0) is 14.3 Å². The number of rotatable bonds is 6. The summed E-state index contributed by atoms with van der Waals surface area (Å²) in [6.07, 6.45) is 1.59. The maximum atomic E-state index is 12.8. The van der Waals surface area contributed by atoms with Crippen molar-refractivity contribution in [2.75, 3.05) is 39.2 Å². The van der Waals surface area contributed by atoms with Gasteiger partial charge in [-0.15, -0.1) is 0 Å². The van der Waals surface area contributed by atoms with Gasteiger partial charge >= 0.3 is 0 Å². The highest BCUT2D eigenvalue weighted by Gasteiger charge is 2.39. The van der Waals surface area contributed by atoms with Crippen LogP contribution in [0.2, 0.25) is 0 Å². The van der Waals surface area contributed by atoms with Crippen LogP contribution in [0.1, 0.15) is 31.4 Å². The predicted molar refractivity (Wildman–Crippen MR) is 86.9 cm³/mol. The second kappa shape index (κ2) is 7.72. The first-order chi connectivity index (χ1) is 10.6. The third-order valence-corrected chi connectivity index (χ3v) is 4.43. The first-order valence-corrected chi connectivity index (χ1v) is 7.75. The Kier molecular flexibility index (Phi) is 5.94. The Bertz CT molecular complexity index is 493. The Morgan fingerprint density at radius 3 is 2.73 bits per heavy atom. The second-order valence-electron chi connectivity index (χ2n) is 5.92. The van der Waals surface area contributed by atoms with Crippen LogP contribution in [-0.4, -0.2) is 39.8 Å². The van der Waals surface area contributed by atoms with E-state index in [2.05, 4.69) is 10.6 Å². The third-order valence-electron chi connectivity index (χ3n) is 4.43. The van der Waals surface area contributed by atoms with Crippen molar-refractivity contribution in [3.63, 3.8) is 0 Å². The molecule has 5 heteroatoms. The highest BCUT2D eigenvalue weighted by atomic mass is 16.5. The number of hydrogen-bond donors (Lipinski definition) is 2. The van der Waals surface area contributed by atoms with Crippen molar-refractivity contribution in [1.29, 1.82) is 0 Å². The molecule has 1 aliphatic heterocycles. The molecule has 0 spiro atoms. The Morgan fingerprint density at radius 2 is 2.09 bits per heavy atom. The molecule has 1 saturated heterocycles. The largest absolute Gasteiger partial charge is 0.384 e. The molecule has 2 rings (SSSR count). The lowest BCUT2D eigenvalue weighted by Gasteiger charge is -2.35. The van der Waals surface area contributed by atoms with Crippen LogP contribution in [0.15, 0.2) is 24.3 Å². The van der Waals surface area contributed by atoms with E-state index in [-0.39, 0.29) is 12.0 Å². The summed E-state index contributed by atoms with van der Waals surface area (Å²) in [4.78, 5) is 12.8. The van der Waals surface area contributed by atoms with Crippen molar-refractivity contribution in [2.45, 2.75) is 25.9 Å². The van der Waals surface area contributed by atoms with Crippen molar-refractivity contribution >= 4 is 11.6 Å². The topological polar surface area (TPSA) is 59.6 Å². The van der Waals surface area contributed by atoms with Gasteiger partial charge in [-0.3, -0.25) is 4.79 Å². The van der Waals surface area contributed by atoms with Crippen LogP contribution in [0.3, 0.4) is 0 Å². The quantitative estimate of drug-likeness (QED) is 0.847. The third kappa shape index (κ3) is 3.85. The molecule has 0 saturated carbocycles. The maximum Gasteiger partial charge on any atom is 0.233 e. The summed E-state index contributed by atoms with van der Waals surface area (Å²) in [6.45, 7) is 4.13. The minimum absolute atomic E-state index is 0.00340. The molecule has 1 aromatic carbocycles. The molecule has 122 valence electrons. The first kappa shape index (κ1) is 16.9. The average molecular weight is 306 g/mol. The Morgan fingerprint density at radius 1 is 1.36 bits per heavy atom. The fraction of sp³-hybridized carbons (Fsp3) is 0.588. The van der Waals surface area contributed by atoms with Crippen LogP contribution in [0.5, 0.6) is 0 Å². The van der Waals surface area contributed by atoms with Gasteiger partial charge in [0, 0.05) is 19.9 Å². The summed E-state index contributed by atoms with van der Waals surface area (Å²) in [6, 6.07) is 7.81. The van der Waals surface area contributed by atoms with E-state index in [1.807, 2.05) is 31.2 Å². The Hall–Kier alpha value is -1.43. The van der Waals surface area contributed by atoms with Gasteiger partial charge in [-0.05, 0) is 50.6 Å². The zero-order valence-corrected chi connectivity index (χ0v) is 13.6. The van der Waals surface area contributed by atoms with Crippen LogP contribution in [0.4, 0.5) is 5.69 Å². The summed E-state index contributed by atoms with van der Waals surface area (Å²) in [5, 5.41) is 6.35. The molecular weight excluding hydrogens is 280 g/mol. The van der Waals surface area contributed by atoms with Gasteiger partial charge in [-0.2, -0.15) is 0 Å². The molecule has 0 aromatic heterocycles. The van der Waals surface area contributed by atoms with E-state index in [1.54, 1.807) is 14.2 Å². The van der Waals surface area contributed by atoms with Crippen molar-refractivity contribution in [2.24, 2.45) is 5.41 Å². The van der Waals surface area contributed by atoms with Crippen molar-refractivity contribution in [3.05, 3.63) is 29.8 Å². The van der Waals surface area contributed by atoms with Crippen molar-refractivity contribution in [1.82, 2.24) is 5.32 Å². The lowest BCUT2D eigenvalue weighted by molar-refractivity contribution is -0.130. The standard InChI is InChI=1S/C17H26N2O3/c1-13(22-3)14-5-4-6-15(11-14)19-16(20)17(12-21-2)7-9-18-10-8-17/h4-6,11,13,18H,7-10,12H2,1-3H3,(H,19,20). The average Bonchev–Trinajstić information content (AvgIpc) is 2.55. The van der Waals surface area contributed by atoms with E-state index in [0.717, 1.165) is 37.2 Å². The van der Waals surface area contributed by atoms with Gasteiger partial charge in [0.15, 0.2) is 0 Å². The number of benzene rings is 1. The lowest BCUT2D eigenvalue weighted by atomic mass is 9.78. The summed E-state index contributed by atoms with van der Waals surface area (Å²) in [5.41, 5.74) is 1.41. The van der Waals surface area contributed by atoms with E-state index < -0.39 is 5.41 Å². The number of anilines is 1. The lowest BCUT2D eigenvalue weighted by Crippen LogP contribution is -2.47. The summed E-state index contributed by atoms with van der Waals surface area (Å²) >= 11 is 0. The molecule has 1 unspecified atom stereocenters. The van der Waals surface area contributed by atoms with Crippen LogP contribution < -0.4 is 10.6 Å². The number of hydrogen-bond acceptors (Lipinski definition) is 4. The van der Waals surface area contributed by atoms with Crippen LogP contribution in [0, 0.1) is 5.41 Å². The normalized spacial score (nSPS) is 18.7. The monoisotopic (exact) mass is 306 g/mol. The molecule has 1 heterocycles. The Labute approximate surface area is 132 Å². The number of methoxy groups -OCH3 is 2. The van der Waals surface area contributed by atoms with Gasteiger partial charge in [-0.1, -0.05) is 12.1 Å². The molecule has 1 fully saturated rings. The van der Waals surface area contributed by atoms with E-state index >= 15 is 0 Å². The smallest absolute Gasteiger partial charge is 0.233 e. The highest BCUT2D eigenvalue weighted by molar-refractivity contribution is 5.95. The molecular formula is C17H26N2O3. The molecule has 0 aliphatic carbocycles. The van der Waals surface area contributed by atoms with Crippen LogP contribution in [0.25, 0.3) is 0 Å². The molecule has 5 nitrogen and oxygen atoms in total. The maximum absolute atomic E-state index is 12.8. The Balaban J connectivity index is 2.12. The summed E-state index contributed by atoms with van der Waals surface area (Å²) in [5.74, 6) is 0.0399. The van der Waals surface area contributed by atoms with E-state index in [0.29, 0.717) is 6.61 Å². The number of amides is 1. The fourth-order valence-electron chi connectivity index (χ4n) is 2.89. The molecule has 1 atom stereocenters. The van der Waals surface area contributed by atoms with Gasteiger partial charge in [0.05, 0.1) is 18.1 Å². The summed E-state index contributed by atoms with van der Waals surface area (Å²) in [7, 11) is 3.33. The molecule has 0 radical (unpaired) electrons. The zero-order valence-electron chi connectivity index (χ0n) is 13.6. The fourth-order valence-corrected chi connectivity index (χ4v) is 2.89. The summed E-state index contributed by atoms with van der Waals surface area (Å²) < 4.78 is 10.6. The minimum atomic E-state index is -0.442. The molecule has 0 bridgehead atoms. The minimum Gasteiger partial charge on any atom is -0.384 e. The molecule has 2 N–H and O–H groups in total. The number of carbonyl (C=O) groups excluding carboxylic acids is 1. The number of nitrogens with one attached hydrogen (secondary N) is 2. The van der Waals surface area contributed by atoms with Gasteiger partial charge in [0.1, 0.15) is 0 Å². The molecule has 1 amide bonds. The van der Waals surface area contributed by atoms with E-state index in [1.165, 1.54) is 0 Å². The van der Waals surface area contributed by atoms with Gasteiger partial charge in [-0.25, -0.2) is 0 Å². The van der Waals surface area contributed by atoms with Crippen molar-refractivity contribution < 1.29 is 14.3 Å². The molecule has 22 heavy (non-hydrogen) atoms. The van der Waals surface area contributed by atoms with E-state index in [9.17, 15) is 4.79 Å². The van der Waals surface area contributed by atoms with Gasteiger partial charge in [0.25, 0.3) is 0 Å². The first-order valence-electron chi connectivity index (χ1n) is 7.75. The number of ether oxygens (including phenoxy) is 2. The van der Waals surface area contributed by atoms with Crippen LogP contribution >= 0.6 is 0 Å². The van der Waals surface area contributed by atoms with Gasteiger partial charge in [0.2, 0.25) is 5.91 Å². The predicted octanol–water partition coefficient (Wildman–Crippen LogP) is 2.35. The zero-order chi connectivity index (χ0) is 16.0. The molecule has 1 aromatic rings.